The lowest BCUT2D eigenvalue weighted by molar-refractivity contribution is 0.188. The summed E-state index contributed by atoms with van der Waals surface area (Å²) in [5, 5.41) is 8.39. The highest BCUT2D eigenvalue weighted by Gasteiger charge is 2.31. The molecule has 5 heteroatoms. The molecule has 0 spiro atoms. The van der Waals surface area contributed by atoms with E-state index in [-0.39, 0.29) is 0 Å². The molecule has 0 aliphatic carbocycles. The van der Waals surface area contributed by atoms with E-state index >= 15 is 0 Å². The highest BCUT2D eigenvalue weighted by molar-refractivity contribution is 7.18. The minimum absolute atomic E-state index is 0.330. The van der Waals surface area contributed by atoms with E-state index in [9.17, 15) is 0 Å². The van der Waals surface area contributed by atoms with Gasteiger partial charge in [-0.25, -0.2) is 9.97 Å². The molecular formula is C16H24N4S. The number of piperidine rings is 1. The second-order valence-electron chi connectivity index (χ2n) is 6.67. The summed E-state index contributed by atoms with van der Waals surface area (Å²) in [6.45, 7) is 11.0. The van der Waals surface area contributed by atoms with Crippen molar-refractivity contribution in [2.75, 3.05) is 18.4 Å². The highest BCUT2D eigenvalue weighted by Crippen LogP contribution is 2.34. The Balaban J connectivity index is 1.82. The molecule has 3 heterocycles. The van der Waals surface area contributed by atoms with Crippen LogP contribution in [0.4, 0.5) is 5.82 Å². The van der Waals surface area contributed by atoms with Crippen LogP contribution in [0.25, 0.3) is 10.2 Å². The Hall–Kier alpha value is -1.20. The van der Waals surface area contributed by atoms with Gasteiger partial charge in [-0.05, 0) is 44.2 Å². The number of nitrogens with one attached hydrogen (secondary N) is 2. The van der Waals surface area contributed by atoms with E-state index in [0.717, 1.165) is 23.7 Å². The second-order valence-corrected chi connectivity index (χ2v) is 7.87. The number of nitrogens with zero attached hydrogens (tertiary/aromatic N) is 2. The molecule has 2 aromatic rings. The van der Waals surface area contributed by atoms with Gasteiger partial charge in [-0.15, -0.1) is 11.3 Å². The lowest BCUT2D eigenvalue weighted by Crippen LogP contribution is -2.50. The molecule has 114 valence electrons. The molecule has 0 aromatic carbocycles. The van der Waals surface area contributed by atoms with Gasteiger partial charge in [0.05, 0.1) is 5.39 Å². The van der Waals surface area contributed by atoms with Gasteiger partial charge in [0.2, 0.25) is 0 Å². The van der Waals surface area contributed by atoms with Crippen molar-refractivity contribution in [2.45, 2.75) is 46.6 Å². The summed E-state index contributed by atoms with van der Waals surface area (Å²) in [4.78, 5) is 11.3. The fourth-order valence-corrected chi connectivity index (χ4v) is 4.13. The molecule has 4 nitrogen and oxygen atoms in total. The van der Waals surface area contributed by atoms with Crippen molar-refractivity contribution in [1.29, 1.82) is 0 Å². The molecular weight excluding hydrogens is 280 g/mol. The van der Waals surface area contributed by atoms with Crippen LogP contribution in [-0.4, -0.2) is 29.1 Å². The summed E-state index contributed by atoms with van der Waals surface area (Å²) in [5.74, 6) is 0.977. The molecule has 1 atom stereocenters. The predicted octanol–water partition coefficient (Wildman–Crippen LogP) is 3.50. The number of thiophene rings is 1. The van der Waals surface area contributed by atoms with Crippen molar-refractivity contribution in [3.05, 3.63) is 16.8 Å². The average Bonchev–Trinajstić information content (AvgIpc) is 2.73. The summed E-state index contributed by atoms with van der Waals surface area (Å²) in [6, 6.07) is 0.483. The number of aromatic nitrogens is 2. The molecule has 0 amide bonds. The van der Waals surface area contributed by atoms with Crippen LogP contribution in [0.1, 0.15) is 37.1 Å². The Labute approximate surface area is 130 Å². The number of fused-ring (bicyclic) bond motifs is 1. The zero-order valence-electron chi connectivity index (χ0n) is 13.3. The van der Waals surface area contributed by atoms with E-state index in [0.29, 0.717) is 11.5 Å². The maximum absolute atomic E-state index is 4.47. The molecule has 0 bridgehead atoms. The predicted molar refractivity (Wildman–Crippen MR) is 90.2 cm³/mol. The number of hydrogen-bond donors (Lipinski definition) is 2. The van der Waals surface area contributed by atoms with Gasteiger partial charge in [0, 0.05) is 17.5 Å². The molecule has 1 fully saturated rings. The highest BCUT2D eigenvalue weighted by atomic mass is 32.1. The Bertz CT molecular complexity index is 647. The molecule has 3 rings (SSSR count). The van der Waals surface area contributed by atoms with Gasteiger partial charge >= 0.3 is 0 Å². The van der Waals surface area contributed by atoms with E-state index in [1.54, 1.807) is 17.7 Å². The fourth-order valence-electron chi connectivity index (χ4n) is 3.13. The van der Waals surface area contributed by atoms with Gasteiger partial charge in [-0.2, -0.15) is 0 Å². The number of aryl methyl sites for hydroxylation is 2. The topological polar surface area (TPSA) is 49.8 Å². The second kappa shape index (κ2) is 5.54. The van der Waals surface area contributed by atoms with Crippen molar-refractivity contribution in [3.8, 4) is 0 Å². The number of hydrogen-bond acceptors (Lipinski definition) is 5. The van der Waals surface area contributed by atoms with Gasteiger partial charge in [0.1, 0.15) is 17.0 Å². The summed E-state index contributed by atoms with van der Waals surface area (Å²) >= 11 is 1.75. The molecule has 0 radical (unpaired) electrons. The van der Waals surface area contributed by atoms with E-state index in [1.807, 2.05) is 0 Å². The standard InChI is InChI=1S/C16H24N4S/c1-10-11(2)21-15-13(10)14(19-9-20-15)18-8-12-16(3,4)6-5-7-17-12/h9,12,17H,5-8H2,1-4H3,(H,18,19,20). The van der Waals surface area contributed by atoms with Gasteiger partial charge in [-0.3, -0.25) is 0 Å². The van der Waals surface area contributed by atoms with Crippen molar-refractivity contribution < 1.29 is 0 Å². The molecule has 2 N–H and O–H groups in total. The van der Waals surface area contributed by atoms with Crippen molar-refractivity contribution in [1.82, 2.24) is 15.3 Å². The zero-order valence-corrected chi connectivity index (χ0v) is 14.1. The van der Waals surface area contributed by atoms with Crippen LogP contribution in [0.15, 0.2) is 6.33 Å². The average molecular weight is 304 g/mol. The van der Waals surface area contributed by atoms with Crippen LogP contribution in [-0.2, 0) is 0 Å². The maximum atomic E-state index is 4.47. The smallest absolute Gasteiger partial charge is 0.138 e. The van der Waals surface area contributed by atoms with Crippen LogP contribution in [0.2, 0.25) is 0 Å². The summed E-state index contributed by atoms with van der Waals surface area (Å²) in [6.07, 6.45) is 4.21. The lowest BCUT2D eigenvalue weighted by atomic mass is 9.77. The van der Waals surface area contributed by atoms with Crippen LogP contribution < -0.4 is 10.6 Å². The Kier molecular flexibility index (Phi) is 3.88. The Morgan fingerprint density at radius 1 is 1.38 bits per heavy atom. The van der Waals surface area contributed by atoms with Crippen LogP contribution in [0.3, 0.4) is 0 Å². The van der Waals surface area contributed by atoms with Gasteiger partial charge in [0.25, 0.3) is 0 Å². The largest absolute Gasteiger partial charge is 0.368 e. The van der Waals surface area contributed by atoms with Gasteiger partial charge < -0.3 is 10.6 Å². The first-order valence-corrected chi connectivity index (χ1v) is 8.48. The van der Waals surface area contributed by atoms with Crippen molar-refractivity contribution in [2.24, 2.45) is 5.41 Å². The number of anilines is 1. The Morgan fingerprint density at radius 2 is 2.19 bits per heavy atom. The quantitative estimate of drug-likeness (QED) is 0.911. The Morgan fingerprint density at radius 3 is 2.95 bits per heavy atom. The molecule has 21 heavy (non-hydrogen) atoms. The van der Waals surface area contributed by atoms with Crippen LogP contribution in [0, 0.1) is 19.3 Å². The third-order valence-corrected chi connectivity index (χ3v) is 5.89. The monoisotopic (exact) mass is 304 g/mol. The molecule has 2 aromatic heterocycles. The minimum Gasteiger partial charge on any atom is -0.368 e. The normalized spacial score (nSPS) is 21.6. The first-order chi connectivity index (χ1) is 9.99. The first-order valence-electron chi connectivity index (χ1n) is 7.67. The summed E-state index contributed by atoms with van der Waals surface area (Å²) in [7, 11) is 0. The maximum Gasteiger partial charge on any atom is 0.138 e. The molecule has 0 saturated carbocycles. The molecule has 1 saturated heterocycles. The zero-order chi connectivity index (χ0) is 15.0. The molecule has 1 aliphatic rings. The van der Waals surface area contributed by atoms with Crippen LogP contribution in [0.5, 0.6) is 0 Å². The number of rotatable bonds is 3. The summed E-state index contributed by atoms with van der Waals surface area (Å²) in [5.41, 5.74) is 1.63. The first kappa shape index (κ1) is 14.7. The minimum atomic E-state index is 0.330. The van der Waals surface area contributed by atoms with E-state index in [1.165, 1.54) is 28.7 Å². The van der Waals surface area contributed by atoms with E-state index < -0.39 is 0 Å². The van der Waals surface area contributed by atoms with Crippen molar-refractivity contribution >= 4 is 27.4 Å². The molecule has 1 unspecified atom stereocenters. The third kappa shape index (κ3) is 2.77. The SMILES string of the molecule is Cc1sc2ncnc(NCC3NCCCC3(C)C)c2c1C. The van der Waals surface area contributed by atoms with E-state index in [2.05, 4.69) is 48.3 Å². The van der Waals surface area contributed by atoms with Gasteiger partial charge in [0.15, 0.2) is 0 Å². The van der Waals surface area contributed by atoms with Crippen molar-refractivity contribution in [3.63, 3.8) is 0 Å². The lowest BCUT2D eigenvalue weighted by Gasteiger charge is -2.39. The molecule has 1 aliphatic heterocycles. The summed E-state index contributed by atoms with van der Waals surface area (Å²) < 4.78 is 0. The van der Waals surface area contributed by atoms with E-state index in [4.69, 9.17) is 0 Å². The fraction of sp³-hybridized carbons (Fsp3) is 0.625. The third-order valence-electron chi connectivity index (χ3n) is 4.77. The van der Waals surface area contributed by atoms with Crippen LogP contribution >= 0.6 is 11.3 Å². The van der Waals surface area contributed by atoms with Gasteiger partial charge in [-0.1, -0.05) is 13.8 Å².